The molecule has 0 atom stereocenters. The molecule has 0 bridgehead atoms. The number of hydrogen-bond acceptors (Lipinski definition) is 5. The Morgan fingerprint density at radius 1 is 1.09 bits per heavy atom. The normalized spacial score (nSPS) is 11.6. The van der Waals surface area contributed by atoms with E-state index in [2.05, 4.69) is 10.3 Å². The van der Waals surface area contributed by atoms with Gasteiger partial charge in [0.2, 0.25) is 0 Å². The van der Waals surface area contributed by atoms with E-state index in [1.807, 2.05) is 61.7 Å². The van der Waals surface area contributed by atoms with E-state index in [0.717, 1.165) is 22.7 Å². The fourth-order valence-corrected chi connectivity index (χ4v) is 4.19. The van der Waals surface area contributed by atoms with E-state index in [-0.39, 0.29) is 11.8 Å². The Bertz CT molecular complexity index is 1190. The minimum atomic E-state index is -0.311. The molecule has 8 heteroatoms. The van der Waals surface area contributed by atoms with Gasteiger partial charge < -0.3 is 19.5 Å². The van der Waals surface area contributed by atoms with Crippen LogP contribution in [0.4, 0.5) is 0 Å². The summed E-state index contributed by atoms with van der Waals surface area (Å²) in [5, 5.41) is 2.92. The summed E-state index contributed by atoms with van der Waals surface area (Å²) in [6, 6.07) is 14.5. The molecular weight excluding hydrogens is 436 g/mol. The lowest BCUT2D eigenvalue weighted by Gasteiger charge is -2.11. The Morgan fingerprint density at radius 3 is 2.48 bits per heavy atom. The Hall–Kier alpha value is -3.23. The molecule has 7 nitrogen and oxygen atoms in total. The fraction of sp³-hybridized carbons (Fsp3) is 0.320. The maximum atomic E-state index is 12.8. The maximum absolute atomic E-state index is 12.8. The van der Waals surface area contributed by atoms with E-state index in [9.17, 15) is 9.59 Å². The number of nitrogens with zero attached hydrogens (tertiary/aromatic N) is 3. The van der Waals surface area contributed by atoms with Gasteiger partial charge >= 0.3 is 0 Å². The van der Waals surface area contributed by atoms with Crippen molar-refractivity contribution in [1.29, 1.82) is 0 Å². The topological polar surface area (TPSA) is 75.9 Å². The molecule has 0 aliphatic heterocycles. The second-order valence-electron chi connectivity index (χ2n) is 8.02. The van der Waals surface area contributed by atoms with Crippen molar-refractivity contribution in [3.05, 3.63) is 80.6 Å². The molecule has 0 unspecified atom stereocenters. The molecule has 1 N–H and O–H groups in total. The maximum Gasteiger partial charge on any atom is 0.279 e. The number of aromatic nitrogens is 1. The number of methoxy groups -OCH3 is 1. The minimum absolute atomic E-state index is 0.0850. The highest BCUT2D eigenvalue weighted by atomic mass is 32.1. The summed E-state index contributed by atoms with van der Waals surface area (Å²) < 4.78 is 7.24. The second kappa shape index (κ2) is 11.1. The number of carbonyl (C=O) groups is 2. The number of thiazole rings is 1. The van der Waals surface area contributed by atoms with Crippen LogP contribution in [0.5, 0.6) is 5.75 Å². The number of benzene rings is 2. The van der Waals surface area contributed by atoms with Gasteiger partial charge in [-0.1, -0.05) is 18.2 Å². The minimum Gasteiger partial charge on any atom is -0.497 e. The van der Waals surface area contributed by atoms with Crippen molar-refractivity contribution in [2.45, 2.75) is 20.4 Å². The van der Waals surface area contributed by atoms with Crippen LogP contribution in [-0.2, 0) is 6.54 Å². The fourth-order valence-electron chi connectivity index (χ4n) is 3.22. The van der Waals surface area contributed by atoms with Crippen LogP contribution in [0, 0.1) is 13.8 Å². The molecule has 1 heterocycles. The standard InChI is InChI=1S/C25H30N4O3S/c1-17-18(2)33-25(27-24(31)21-7-6-8-22(15-21)32-5)29(17)16-19-9-11-20(12-10-19)23(30)26-13-14-28(3)4/h6-12,15H,13-14,16H2,1-5H3,(H,26,30). The summed E-state index contributed by atoms with van der Waals surface area (Å²) in [5.41, 5.74) is 3.19. The highest BCUT2D eigenvalue weighted by Crippen LogP contribution is 2.15. The molecular formula is C25H30N4O3S. The first-order chi connectivity index (χ1) is 15.8. The zero-order chi connectivity index (χ0) is 24.0. The Morgan fingerprint density at radius 2 is 1.82 bits per heavy atom. The molecule has 33 heavy (non-hydrogen) atoms. The van der Waals surface area contributed by atoms with Crippen LogP contribution < -0.4 is 14.9 Å². The molecule has 174 valence electrons. The van der Waals surface area contributed by atoms with Crippen molar-refractivity contribution in [2.75, 3.05) is 34.3 Å². The Kier molecular flexibility index (Phi) is 8.19. The molecule has 0 saturated carbocycles. The van der Waals surface area contributed by atoms with Crippen LogP contribution in [0.25, 0.3) is 0 Å². The quantitative estimate of drug-likeness (QED) is 0.553. The van der Waals surface area contributed by atoms with Crippen molar-refractivity contribution < 1.29 is 14.3 Å². The largest absolute Gasteiger partial charge is 0.497 e. The summed E-state index contributed by atoms with van der Waals surface area (Å²) in [5.74, 6) is 0.222. The van der Waals surface area contributed by atoms with Gasteiger partial charge in [-0.3, -0.25) is 9.59 Å². The summed E-state index contributed by atoms with van der Waals surface area (Å²) >= 11 is 1.49. The average Bonchev–Trinajstić information content (AvgIpc) is 3.06. The molecule has 0 aliphatic carbocycles. The van der Waals surface area contributed by atoms with Gasteiger partial charge in [0, 0.05) is 34.8 Å². The number of rotatable bonds is 8. The molecule has 2 aromatic carbocycles. The Labute approximate surface area is 198 Å². The van der Waals surface area contributed by atoms with Gasteiger partial charge in [-0.2, -0.15) is 4.99 Å². The van der Waals surface area contributed by atoms with Crippen LogP contribution in [0.1, 0.15) is 36.9 Å². The molecule has 0 fully saturated rings. The highest BCUT2D eigenvalue weighted by Gasteiger charge is 2.12. The molecule has 3 rings (SSSR count). The molecule has 1 aromatic heterocycles. The van der Waals surface area contributed by atoms with Gasteiger partial charge in [-0.05, 0) is 63.8 Å². The summed E-state index contributed by atoms with van der Waals surface area (Å²) in [6.07, 6.45) is 0. The summed E-state index contributed by atoms with van der Waals surface area (Å²) in [7, 11) is 5.51. The van der Waals surface area contributed by atoms with Gasteiger partial charge in [0.25, 0.3) is 11.8 Å². The van der Waals surface area contributed by atoms with E-state index in [1.165, 1.54) is 11.3 Å². The molecule has 0 spiro atoms. The number of carbonyl (C=O) groups excluding carboxylic acids is 2. The van der Waals surface area contributed by atoms with Crippen LogP contribution in [-0.4, -0.2) is 55.6 Å². The summed E-state index contributed by atoms with van der Waals surface area (Å²) in [6.45, 7) is 5.99. The van der Waals surface area contributed by atoms with Crippen molar-refractivity contribution in [3.63, 3.8) is 0 Å². The van der Waals surface area contributed by atoms with Crippen molar-refractivity contribution in [2.24, 2.45) is 4.99 Å². The van der Waals surface area contributed by atoms with Crippen LogP contribution in [0.2, 0.25) is 0 Å². The van der Waals surface area contributed by atoms with E-state index in [0.29, 0.717) is 34.8 Å². The van der Waals surface area contributed by atoms with Crippen molar-refractivity contribution >= 4 is 23.2 Å². The average molecular weight is 467 g/mol. The summed E-state index contributed by atoms with van der Waals surface area (Å²) in [4.78, 5) is 33.3. The predicted octanol–water partition coefficient (Wildman–Crippen LogP) is 3.26. The third-order valence-electron chi connectivity index (χ3n) is 5.30. The third-order valence-corrected chi connectivity index (χ3v) is 6.40. The van der Waals surface area contributed by atoms with Gasteiger partial charge in [0.05, 0.1) is 13.7 Å². The highest BCUT2D eigenvalue weighted by molar-refractivity contribution is 7.09. The van der Waals surface area contributed by atoms with Gasteiger partial charge in [-0.15, -0.1) is 11.3 Å². The third kappa shape index (κ3) is 6.40. The van der Waals surface area contributed by atoms with E-state index >= 15 is 0 Å². The lowest BCUT2D eigenvalue weighted by atomic mass is 10.1. The first-order valence-electron chi connectivity index (χ1n) is 10.7. The molecule has 3 aromatic rings. The van der Waals surface area contributed by atoms with Crippen LogP contribution in [0.3, 0.4) is 0 Å². The molecule has 2 amide bonds. The lowest BCUT2D eigenvalue weighted by molar-refractivity contribution is 0.0949. The Balaban J connectivity index is 1.80. The van der Waals surface area contributed by atoms with Crippen LogP contribution in [0.15, 0.2) is 53.5 Å². The number of likely N-dealkylation sites (N-methyl/N-ethyl adjacent to an activating group) is 1. The second-order valence-corrected chi connectivity index (χ2v) is 9.20. The monoisotopic (exact) mass is 466 g/mol. The number of amides is 2. The predicted molar refractivity (Wildman–Crippen MR) is 131 cm³/mol. The zero-order valence-corrected chi connectivity index (χ0v) is 20.5. The van der Waals surface area contributed by atoms with Crippen LogP contribution >= 0.6 is 11.3 Å². The van der Waals surface area contributed by atoms with Crippen molar-refractivity contribution in [1.82, 2.24) is 14.8 Å². The van der Waals surface area contributed by atoms with E-state index in [4.69, 9.17) is 4.74 Å². The zero-order valence-electron chi connectivity index (χ0n) is 19.7. The lowest BCUT2D eigenvalue weighted by Crippen LogP contribution is -2.31. The van der Waals surface area contributed by atoms with Gasteiger partial charge in [-0.25, -0.2) is 0 Å². The number of ether oxygens (including phenoxy) is 1. The molecule has 0 aliphatic rings. The van der Waals surface area contributed by atoms with Gasteiger partial charge in [0.1, 0.15) is 5.75 Å². The van der Waals surface area contributed by atoms with Gasteiger partial charge in [0.15, 0.2) is 4.80 Å². The smallest absolute Gasteiger partial charge is 0.279 e. The number of aryl methyl sites for hydroxylation is 1. The SMILES string of the molecule is COc1cccc(C(=O)N=c2sc(C)c(C)n2Cc2ccc(C(=O)NCCN(C)C)cc2)c1. The number of hydrogen-bond donors (Lipinski definition) is 1. The van der Waals surface area contributed by atoms with Crippen molar-refractivity contribution in [3.8, 4) is 5.75 Å². The molecule has 0 radical (unpaired) electrons. The van der Waals surface area contributed by atoms with E-state index in [1.54, 1.807) is 31.4 Å². The molecule has 0 saturated heterocycles. The first kappa shape index (κ1) is 24.4. The number of nitrogens with one attached hydrogen (secondary N) is 1. The van der Waals surface area contributed by atoms with E-state index < -0.39 is 0 Å². The first-order valence-corrected chi connectivity index (χ1v) is 11.5.